The van der Waals surface area contributed by atoms with Gasteiger partial charge in [0.15, 0.2) is 0 Å². The molecule has 12 nitrogen and oxygen atoms in total. The van der Waals surface area contributed by atoms with Crippen molar-refractivity contribution in [3.05, 3.63) is 71.9 Å². The van der Waals surface area contributed by atoms with E-state index in [1.807, 2.05) is 24.3 Å². The van der Waals surface area contributed by atoms with E-state index in [0.29, 0.717) is 11.1 Å². The molecule has 3 aromatic rings. The highest BCUT2D eigenvalue weighted by molar-refractivity contribution is 5.94. The number of hydrogen-bond acceptors (Lipinski definition) is 6. The quantitative estimate of drug-likeness (QED) is 0.152. The first-order valence-corrected chi connectivity index (χ1v) is 12.3. The first-order chi connectivity index (χ1) is 18.7. The van der Waals surface area contributed by atoms with Crippen molar-refractivity contribution in [2.45, 2.75) is 43.8 Å². The first kappa shape index (κ1) is 28.9. The molecule has 0 radical (unpaired) electrons. The van der Waals surface area contributed by atoms with Gasteiger partial charge in [-0.15, -0.1) is 0 Å². The molecule has 1 aromatic heterocycles. The van der Waals surface area contributed by atoms with E-state index in [1.54, 1.807) is 36.5 Å². The maximum absolute atomic E-state index is 13.4. The van der Waals surface area contributed by atoms with Crippen molar-refractivity contribution in [2.75, 3.05) is 6.54 Å². The summed E-state index contributed by atoms with van der Waals surface area (Å²) in [6.45, 7) is -0.418. The fourth-order valence-corrected chi connectivity index (χ4v) is 4.11. The van der Waals surface area contributed by atoms with Crippen LogP contribution in [0.3, 0.4) is 0 Å². The van der Waals surface area contributed by atoms with Gasteiger partial charge in [-0.3, -0.25) is 19.2 Å². The molecule has 0 saturated carbocycles. The molecule has 0 aliphatic heterocycles. The summed E-state index contributed by atoms with van der Waals surface area (Å²) in [5.74, 6) is -4.64. The zero-order valence-electron chi connectivity index (χ0n) is 21.1. The number of carboxylic acid groups (broad SMARTS) is 2. The van der Waals surface area contributed by atoms with Crippen molar-refractivity contribution in [2.24, 2.45) is 5.73 Å². The Balaban J connectivity index is 1.81. The van der Waals surface area contributed by atoms with E-state index >= 15 is 0 Å². The average Bonchev–Trinajstić information content (AvgIpc) is 3.33. The Hall–Kier alpha value is -4.71. The van der Waals surface area contributed by atoms with E-state index < -0.39 is 60.8 Å². The van der Waals surface area contributed by atoms with Gasteiger partial charge in [0.25, 0.3) is 0 Å². The highest BCUT2D eigenvalue weighted by atomic mass is 16.4. The van der Waals surface area contributed by atoms with Crippen molar-refractivity contribution < 1.29 is 34.2 Å². The SMILES string of the molecule is NCC(=O)NC(CCC(=O)O)C(=O)NC(Cc1ccccc1)C(=O)NC(Cc1c[nH]c2ccccc12)C(=O)O. The van der Waals surface area contributed by atoms with Gasteiger partial charge in [-0.1, -0.05) is 48.5 Å². The normalized spacial score (nSPS) is 13.2. The van der Waals surface area contributed by atoms with Crippen molar-refractivity contribution in [3.8, 4) is 0 Å². The van der Waals surface area contributed by atoms with Crippen LogP contribution in [0.15, 0.2) is 60.8 Å². The first-order valence-electron chi connectivity index (χ1n) is 12.3. The number of aromatic nitrogens is 1. The minimum absolute atomic E-state index is 0.00904. The number of benzene rings is 2. The maximum atomic E-state index is 13.4. The Bertz CT molecular complexity index is 1320. The van der Waals surface area contributed by atoms with E-state index in [-0.39, 0.29) is 19.3 Å². The molecule has 206 valence electrons. The lowest BCUT2D eigenvalue weighted by molar-refractivity contribution is -0.142. The lowest BCUT2D eigenvalue weighted by atomic mass is 10.0. The predicted octanol–water partition coefficient (Wildman–Crippen LogP) is 0.316. The van der Waals surface area contributed by atoms with Crippen LogP contribution < -0.4 is 21.7 Å². The number of hydrogen-bond donors (Lipinski definition) is 7. The van der Waals surface area contributed by atoms with E-state index in [9.17, 15) is 29.1 Å². The molecule has 3 atom stereocenters. The molecule has 8 N–H and O–H groups in total. The molecule has 0 aliphatic carbocycles. The van der Waals surface area contributed by atoms with Gasteiger partial charge in [-0.05, 0) is 23.6 Å². The van der Waals surface area contributed by atoms with Gasteiger partial charge >= 0.3 is 11.9 Å². The third-order valence-electron chi connectivity index (χ3n) is 6.11. The van der Waals surface area contributed by atoms with Crippen LogP contribution >= 0.6 is 0 Å². The maximum Gasteiger partial charge on any atom is 0.326 e. The van der Waals surface area contributed by atoms with Crippen LogP contribution in [-0.4, -0.2) is 69.5 Å². The Morgan fingerprint density at radius 1 is 0.795 bits per heavy atom. The van der Waals surface area contributed by atoms with Crippen molar-refractivity contribution >= 4 is 40.6 Å². The van der Waals surface area contributed by atoms with Gasteiger partial charge in [0.05, 0.1) is 6.54 Å². The summed E-state index contributed by atoms with van der Waals surface area (Å²) < 4.78 is 0. The molecule has 2 aromatic carbocycles. The average molecular weight is 538 g/mol. The van der Waals surface area contributed by atoms with Gasteiger partial charge in [0.1, 0.15) is 18.1 Å². The summed E-state index contributed by atoms with van der Waals surface area (Å²) >= 11 is 0. The summed E-state index contributed by atoms with van der Waals surface area (Å²) in [4.78, 5) is 64.5. The molecule has 12 heteroatoms. The van der Waals surface area contributed by atoms with Crippen LogP contribution in [-0.2, 0) is 36.8 Å². The second-order valence-electron chi connectivity index (χ2n) is 8.97. The van der Waals surface area contributed by atoms with Gasteiger partial charge in [-0.25, -0.2) is 4.79 Å². The number of H-pyrrole nitrogens is 1. The molecule has 3 amide bonds. The number of carbonyl (C=O) groups is 5. The van der Waals surface area contributed by atoms with Crippen molar-refractivity contribution in [1.29, 1.82) is 0 Å². The number of nitrogens with one attached hydrogen (secondary N) is 4. The number of aliphatic carboxylic acids is 2. The van der Waals surface area contributed by atoms with E-state index in [1.165, 1.54) is 0 Å². The van der Waals surface area contributed by atoms with Crippen LogP contribution in [0, 0.1) is 0 Å². The number of para-hydroxylation sites is 1. The smallest absolute Gasteiger partial charge is 0.326 e. The number of rotatable bonds is 14. The molecular formula is C27H31N5O7. The van der Waals surface area contributed by atoms with Crippen LogP contribution in [0.2, 0.25) is 0 Å². The molecule has 0 spiro atoms. The topological polar surface area (TPSA) is 204 Å². The van der Waals surface area contributed by atoms with Crippen molar-refractivity contribution in [3.63, 3.8) is 0 Å². The number of aromatic amines is 1. The zero-order valence-corrected chi connectivity index (χ0v) is 21.1. The fourth-order valence-electron chi connectivity index (χ4n) is 4.11. The summed E-state index contributed by atoms with van der Waals surface area (Å²) in [5.41, 5.74) is 7.53. The molecular weight excluding hydrogens is 506 g/mol. The molecule has 1 heterocycles. The molecule has 0 saturated heterocycles. The Morgan fingerprint density at radius 3 is 2.10 bits per heavy atom. The lowest BCUT2D eigenvalue weighted by Crippen LogP contribution is -2.57. The van der Waals surface area contributed by atoms with Gasteiger partial charge in [-0.2, -0.15) is 0 Å². The van der Waals surface area contributed by atoms with Crippen LogP contribution in [0.25, 0.3) is 10.9 Å². The Labute approximate surface area is 224 Å². The largest absolute Gasteiger partial charge is 0.481 e. The Kier molecular flexibility index (Phi) is 10.2. The molecule has 3 unspecified atom stereocenters. The van der Waals surface area contributed by atoms with Gasteiger partial charge in [0, 0.05) is 36.4 Å². The lowest BCUT2D eigenvalue weighted by Gasteiger charge is -2.24. The summed E-state index contributed by atoms with van der Waals surface area (Å²) in [7, 11) is 0. The summed E-state index contributed by atoms with van der Waals surface area (Å²) in [6, 6.07) is 12.3. The van der Waals surface area contributed by atoms with Crippen LogP contribution in [0.4, 0.5) is 0 Å². The second-order valence-corrected chi connectivity index (χ2v) is 8.97. The number of amides is 3. The second kappa shape index (κ2) is 13.7. The standard InChI is InChI=1S/C27H31N5O7/c28-14-23(33)30-20(10-11-24(34)35)25(36)31-21(12-16-6-2-1-3-7-16)26(37)32-22(27(38)39)13-17-15-29-19-9-5-4-8-18(17)19/h1-9,15,20-22,29H,10-14,28H2,(H,30,33)(H,31,36)(H,32,37)(H,34,35)(H,38,39). The molecule has 39 heavy (non-hydrogen) atoms. The molecule has 3 rings (SSSR count). The van der Waals surface area contributed by atoms with Crippen LogP contribution in [0.1, 0.15) is 24.0 Å². The predicted molar refractivity (Wildman–Crippen MR) is 142 cm³/mol. The number of carbonyl (C=O) groups excluding carboxylic acids is 3. The number of fused-ring (bicyclic) bond motifs is 1. The highest BCUT2D eigenvalue weighted by Crippen LogP contribution is 2.19. The Morgan fingerprint density at radius 2 is 1.44 bits per heavy atom. The monoisotopic (exact) mass is 537 g/mol. The highest BCUT2D eigenvalue weighted by Gasteiger charge is 2.30. The summed E-state index contributed by atoms with van der Waals surface area (Å²) in [6.07, 6.45) is 1.05. The molecule has 0 aliphatic rings. The van der Waals surface area contributed by atoms with Crippen LogP contribution in [0.5, 0.6) is 0 Å². The van der Waals surface area contributed by atoms with Gasteiger partial charge in [0.2, 0.25) is 17.7 Å². The third-order valence-corrected chi connectivity index (χ3v) is 6.11. The van der Waals surface area contributed by atoms with Crippen molar-refractivity contribution in [1.82, 2.24) is 20.9 Å². The number of carboxylic acids is 2. The van der Waals surface area contributed by atoms with E-state index in [4.69, 9.17) is 10.8 Å². The minimum Gasteiger partial charge on any atom is -0.481 e. The number of nitrogens with two attached hydrogens (primary N) is 1. The zero-order chi connectivity index (χ0) is 28.4. The summed E-state index contributed by atoms with van der Waals surface area (Å²) in [5, 5.41) is 27.1. The molecule has 0 fully saturated rings. The fraction of sp³-hybridized carbons (Fsp3) is 0.296. The minimum atomic E-state index is -1.30. The van der Waals surface area contributed by atoms with E-state index in [2.05, 4.69) is 20.9 Å². The van der Waals surface area contributed by atoms with E-state index in [0.717, 1.165) is 10.9 Å². The third kappa shape index (κ3) is 8.40. The molecule has 0 bridgehead atoms. The van der Waals surface area contributed by atoms with Gasteiger partial charge < -0.3 is 36.9 Å².